The number of ether oxygens (including phenoxy) is 1. The van der Waals surface area contributed by atoms with Gasteiger partial charge >= 0.3 is 6.09 Å². The molecule has 0 aromatic heterocycles. The van der Waals surface area contributed by atoms with Crippen LogP contribution in [0, 0.1) is 17.2 Å². The van der Waals surface area contributed by atoms with Crippen LogP contribution in [0.1, 0.15) is 33.6 Å². The highest BCUT2D eigenvalue weighted by Crippen LogP contribution is 2.41. The van der Waals surface area contributed by atoms with Gasteiger partial charge in [-0.15, -0.1) is 0 Å². The topological polar surface area (TPSA) is 68.9 Å². The molecule has 2 aliphatic rings. The second-order valence-electron chi connectivity index (χ2n) is 7.11. The summed E-state index contributed by atoms with van der Waals surface area (Å²) >= 11 is 1.71. The van der Waals surface area contributed by atoms with E-state index in [-0.39, 0.29) is 11.3 Å². The van der Waals surface area contributed by atoms with Crippen LogP contribution in [0.5, 0.6) is 0 Å². The third kappa shape index (κ3) is 4.23. The fourth-order valence-electron chi connectivity index (χ4n) is 3.05. The quantitative estimate of drug-likeness (QED) is 0.680. The van der Waals surface area contributed by atoms with Crippen LogP contribution in [0.25, 0.3) is 0 Å². The summed E-state index contributed by atoms with van der Waals surface area (Å²) in [4.78, 5) is 20.3. The van der Waals surface area contributed by atoms with Gasteiger partial charge in [-0.05, 0) is 39.5 Å². The molecule has 2 aliphatic heterocycles. The molecule has 1 amide bonds. The largest absolute Gasteiger partial charge is 0.444 e. The van der Waals surface area contributed by atoms with Crippen molar-refractivity contribution in [3.63, 3.8) is 0 Å². The number of rotatable bonds is 1. The van der Waals surface area contributed by atoms with E-state index in [0.717, 1.165) is 23.7 Å². The molecule has 7 heteroatoms. The number of likely N-dealkylation sites (tertiary alicyclic amines) is 1. The van der Waals surface area contributed by atoms with Gasteiger partial charge in [-0.2, -0.15) is 5.26 Å². The lowest BCUT2D eigenvalue weighted by Gasteiger charge is -2.35. The van der Waals surface area contributed by atoms with Crippen molar-refractivity contribution >= 4 is 23.0 Å². The zero-order valence-electron chi connectivity index (χ0n) is 15.1. The number of nitriles is 1. The Morgan fingerprint density at radius 2 is 2.04 bits per heavy atom. The highest BCUT2D eigenvalue weighted by Gasteiger charge is 2.39. The van der Waals surface area contributed by atoms with Gasteiger partial charge in [0.05, 0.1) is 11.3 Å². The van der Waals surface area contributed by atoms with Gasteiger partial charge in [0.1, 0.15) is 5.60 Å². The van der Waals surface area contributed by atoms with E-state index in [1.807, 2.05) is 32.7 Å². The maximum atomic E-state index is 12.2. The molecule has 0 radical (unpaired) electrons. The minimum Gasteiger partial charge on any atom is -0.444 e. The zero-order valence-corrected chi connectivity index (χ0v) is 15.9. The minimum atomic E-state index is -0.465. The molecule has 2 rings (SSSR count). The summed E-state index contributed by atoms with van der Waals surface area (Å²) in [6.45, 7) is 7.03. The van der Waals surface area contributed by atoms with Crippen LogP contribution in [0.4, 0.5) is 4.79 Å². The molecule has 2 saturated heterocycles. The third-order valence-corrected chi connectivity index (χ3v) is 5.77. The van der Waals surface area contributed by atoms with Crippen LogP contribution in [0.15, 0.2) is 16.8 Å². The number of piperidine rings is 1. The molecule has 1 atom stereocenters. The second-order valence-corrected chi connectivity index (χ2v) is 8.22. The van der Waals surface area contributed by atoms with E-state index in [0.29, 0.717) is 19.0 Å². The molecule has 2 heterocycles. The predicted octanol–water partition coefficient (Wildman–Crippen LogP) is 3.07. The van der Waals surface area contributed by atoms with E-state index in [2.05, 4.69) is 11.1 Å². The lowest BCUT2D eigenvalue weighted by Crippen LogP contribution is -2.43. The highest BCUT2D eigenvalue weighted by molar-refractivity contribution is 8.14. The fraction of sp³-hybridized carbons (Fsp3) is 0.706. The van der Waals surface area contributed by atoms with Crippen LogP contribution in [-0.4, -0.2) is 59.1 Å². The van der Waals surface area contributed by atoms with Crippen molar-refractivity contribution in [2.45, 2.75) is 44.5 Å². The number of thioether (sulfide) groups is 1. The molecule has 0 aromatic rings. The van der Waals surface area contributed by atoms with Crippen LogP contribution in [0.3, 0.4) is 0 Å². The van der Waals surface area contributed by atoms with Crippen molar-refractivity contribution in [2.24, 2.45) is 10.9 Å². The Kier molecular flexibility index (Phi) is 5.81. The molecule has 0 aromatic carbocycles. The van der Waals surface area contributed by atoms with E-state index in [1.165, 1.54) is 0 Å². The van der Waals surface area contributed by atoms with Gasteiger partial charge in [-0.1, -0.05) is 11.8 Å². The Balaban J connectivity index is 2.00. The van der Waals surface area contributed by atoms with E-state index < -0.39 is 5.60 Å². The van der Waals surface area contributed by atoms with E-state index >= 15 is 0 Å². The number of aliphatic imine (C=N–C) groups is 1. The van der Waals surface area contributed by atoms with Gasteiger partial charge in [0.25, 0.3) is 0 Å². The van der Waals surface area contributed by atoms with Gasteiger partial charge in [0.2, 0.25) is 0 Å². The smallest absolute Gasteiger partial charge is 0.410 e. The molecule has 0 bridgehead atoms. The first-order valence-electron chi connectivity index (χ1n) is 8.21. The maximum absolute atomic E-state index is 12.2. The SMILES string of the molecule is CN=C1SC(C2CCN(C(=O)OC(C)(C)C)CC2)/C(=C\C#N)N1C. The molecule has 24 heavy (non-hydrogen) atoms. The molecule has 0 spiro atoms. The molecule has 0 saturated carbocycles. The van der Waals surface area contributed by atoms with E-state index in [1.54, 1.807) is 29.8 Å². The number of nitrogens with zero attached hydrogens (tertiary/aromatic N) is 4. The Hall–Kier alpha value is -1.68. The third-order valence-electron chi connectivity index (χ3n) is 4.22. The number of amides is 1. The molecule has 2 fully saturated rings. The lowest BCUT2D eigenvalue weighted by atomic mass is 9.91. The summed E-state index contributed by atoms with van der Waals surface area (Å²) in [5.41, 5.74) is 0.548. The summed E-state index contributed by atoms with van der Waals surface area (Å²) in [5, 5.41) is 10.2. The van der Waals surface area contributed by atoms with Crippen LogP contribution in [0.2, 0.25) is 0 Å². The number of amidine groups is 1. The minimum absolute atomic E-state index is 0.231. The Bertz CT molecular complexity index is 580. The van der Waals surface area contributed by atoms with Crippen molar-refractivity contribution in [2.75, 3.05) is 27.2 Å². The van der Waals surface area contributed by atoms with Gasteiger partial charge in [0.15, 0.2) is 5.17 Å². The van der Waals surface area contributed by atoms with Crippen molar-refractivity contribution in [1.82, 2.24) is 9.80 Å². The molecular weight excluding hydrogens is 324 g/mol. The maximum Gasteiger partial charge on any atom is 0.410 e. The number of allylic oxidation sites excluding steroid dienone is 1. The molecule has 0 aliphatic carbocycles. The Labute approximate surface area is 148 Å². The zero-order chi connectivity index (χ0) is 17.9. The molecule has 132 valence electrons. The molecule has 1 unspecified atom stereocenters. The normalized spacial score (nSPS) is 26.1. The first-order chi connectivity index (χ1) is 11.3. The van der Waals surface area contributed by atoms with Crippen LogP contribution >= 0.6 is 11.8 Å². The van der Waals surface area contributed by atoms with E-state index in [9.17, 15) is 4.79 Å². The van der Waals surface area contributed by atoms with Crippen LogP contribution < -0.4 is 0 Å². The molecule has 6 nitrogen and oxygen atoms in total. The summed E-state index contributed by atoms with van der Waals surface area (Å²) in [5.74, 6) is 0.426. The summed E-state index contributed by atoms with van der Waals surface area (Å²) in [6, 6.07) is 2.15. The van der Waals surface area contributed by atoms with Gasteiger partial charge in [-0.3, -0.25) is 4.99 Å². The number of carbonyl (C=O) groups is 1. The van der Waals surface area contributed by atoms with E-state index in [4.69, 9.17) is 10.00 Å². The molecular formula is C17H26N4O2S. The number of hydrogen-bond donors (Lipinski definition) is 0. The average Bonchev–Trinajstić information content (AvgIpc) is 2.83. The Morgan fingerprint density at radius 1 is 1.42 bits per heavy atom. The first-order valence-corrected chi connectivity index (χ1v) is 9.09. The van der Waals surface area contributed by atoms with Crippen molar-refractivity contribution < 1.29 is 9.53 Å². The second kappa shape index (κ2) is 7.47. The number of carbonyl (C=O) groups excluding carboxylic acids is 1. The van der Waals surface area contributed by atoms with Crippen LogP contribution in [-0.2, 0) is 4.74 Å². The average molecular weight is 350 g/mol. The van der Waals surface area contributed by atoms with Gasteiger partial charge in [0, 0.05) is 39.0 Å². The fourth-order valence-corrected chi connectivity index (χ4v) is 4.46. The number of hydrogen-bond acceptors (Lipinski definition) is 5. The van der Waals surface area contributed by atoms with Gasteiger partial charge < -0.3 is 14.5 Å². The standard InChI is InChI=1S/C17H26N4O2S/c1-17(2,3)23-16(22)21-10-7-12(8-11-21)14-13(6-9-18)20(5)15(19-4)24-14/h6,12,14H,7-8,10-11H2,1-5H3/b13-6+,19-15?. The van der Waals surface area contributed by atoms with Crippen molar-refractivity contribution in [1.29, 1.82) is 5.26 Å². The Morgan fingerprint density at radius 3 is 2.54 bits per heavy atom. The predicted molar refractivity (Wildman–Crippen MR) is 96.7 cm³/mol. The highest BCUT2D eigenvalue weighted by atomic mass is 32.2. The lowest BCUT2D eigenvalue weighted by molar-refractivity contribution is 0.0185. The molecule has 0 N–H and O–H groups in total. The first kappa shape index (κ1) is 18.7. The summed E-state index contributed by atoms with van der Waals surface area (Å²) in [6.07, 6.45) is 3.20. The van der Waals surface area contributed by atoms with Crippen molar-refractivity contribution in [3.8, 4) is 6.07 Å². The van der Waals surface area contributed by atoms with Crippen molar-refractivity contribution in [3.05, 3.63) is 11.8 Å². The monoisotopic (exact) mass is 350 g/mol. The summed E-state index contributed by atoms with van der Waals surface area (Å²) in [7, 11) is 3.73. The summed E-state index contributed by atoms with van der Waals surface area (Å²) < 4.78 is 5.45. The van der Waals surface area contributed by atoms with Gasteiger partial charge in [-0.25, -0.2) is 4.79 Å².